The molecule has 1 aliphatic heterocycles. The first kappa shape index (κ1) is 15.8. The first-order valence-corrected chi connectivity index (χ1v) is 7.72. The Morgan fingerprint density at radius 1 is 1.19 bits per heavy atom. The highest BCUT2D eigenvalue weighted by Gasteiger charge is 2.39. The number of carbonyl (C=O) groups is 3. The van der Waals surface area contributed by atoms with Gasteiger partial charge in [-0.25, -0.2) is 0 Å². The molecule has 0 bridgehead atoms. The molecule has 0 aromatic rings. The van der Waals surface area contributed by atoms with Crippen LogP contribution in [-0.4, -0.2) is 46.9 Å². The van der Waals surface area contributed by atoms with Crippen molar-refractivity contribution in [2.24, 2.45) is 17.8 Å². The van der Waals surface area contributed by atoms with Crippen molar-refractivity contribution in [2.75, 3.05) is 13.1 Å². The van der Waals surface area contributed by atoms with Gasteiger partial charge in [0.05, 0.1) is 5.92 Å². The van der Waals surface area contributed by atoms with Crippen LogP contribution in [0.3, 0.4) is 0 Å². The van der Waals surface area contributed by atoms with Crippen LogP contribution in [0.1, 0.15) is 39.5 Å². The van der Waals surface area contributed by atoms with Gasteiger partial charge in [0.2, 0.25) is 11.8 Å². The fourth-order valence-electron chi connectivity index (χ4n) is 3.42. The summed E-state index contributed by atoms with van der Waals surface area (Å²) in [6, 6.07) is -0.400. The van der Waals surface area contributed by atoms with E-state index in [9.17, 15) is 14.4 Å². The molecule has 1 saturated heterocycles. The van der Waals surface area contributed by atoms with E-state index in [0.717, 1.165) is 0 Å². The van der Waals surface area contributed by atoms with E-state index in [0.29, 0.717) is 38.8 Å². The fraction of sp³-hybridized carbons (Fsp3) is 0.800. The van der Waals surface area contributed by atoms with Crippen LogP contribution in [0.15, 0.2) is 0 Å². The largest absolute Gasteiger partial charge is 0.481 e. The van der Waals surface area contributed by atoms with Crippen molar-refractivity contribution in [3.05, 3.63) is 0 Å². The summed E-state index contributed by atoms with van der Waals surface area (Å²) in [4.78, 5) is 37.4. The summed E-state index contributed by atoms with van der Waals surface area (Å²) in [7, 11) is 0. The number of carboxylic acid groups (broad SMARTS) is 1. The van der Waals surface area contributed by atoms with Gasteiger partial charge >= 0.3 is 5.97 Å². The molecule has 0 aromatic heterocycles. The normalized spacial score (nSPS) is 30.1. The molecule has 1 heterocycles. The number of amides is 2. The highest BCUT2D eigenvalue weighted by molar-refractivity contribution is 5.90. The summed E-state index contributed by atoms with van der Waals surface area (Å²) < 4.78 is 0. The quantitative estimate of drug-likeness (QED) is 0.808. The molecule has 0 aromatic carbocycles. The minimum atomic E-state index is -0.765. The topological polar surface area (TPSA) is 86.7 Å². The first-order chi connectivity index (χ1) is 9.91. The molecule has 2 rings (SSSR count). The highest BCUT2D eigenvalue weighted by Crippen LogP contribution is 2.31. The van der Waals surface area contributed by atoms with Crippen molar-refractivity contribution in [1.29, 1.82) is 0 Å². The zero-order valence-electron chi connectivity index (χ0n) is 12.7. The third-order valence-electron chi connectivity index (χ3n) is 4.60. The average Bonchev–Trinajstić information content (AvgIpc) is 2.46. The summed E-state index contributed by atoms with van der Waals surface area (Å²) in [6.45, 7) is 4.93. The van der Waals surface area contributed by atoms with E-state index in [1.54, 1.807) is 4.90 Å². The number of piperazine rings is 1. The second-order valence-corrected chi connectivity index (χ2v) is 6.40. The van der Waals surface area contributed by atoms with E-state index in [2.05, 4.69) is 5.32 Å². The third kappa shape index (κ3) is 3.36. The van der Waals surface area contributed by atoms with E-state index in [4.69, 9.17) is 5.11 Å². The Hall–Kier alpha value is -1.59. The van der Waals surface area contributed by atoms with Crippen LogP contribution in [0.25, 0.3) is 0 Å². The summed E-state index contributed by atoms with van der Waals surface area (Å²) in [6.07, 6.45) is 2.33. The molecule has 21 heavy (non-hydrogen) atoms. The number of nitrogens with one attached hydrogen (secondary N) is 1. The summed E-state index contributed by atoms with van der Waals surface area (Å²) in [5, 5.41) is 11.8. The van der Waals surface area contributed by atoms with Crippen LogP contribution in [0.2, 0.25) is 0 Å². The molecular weight excluding hydrogens is 272 g/mol. The van der Waals surface area contributed by atoms with E-state index >= 15 is 0 Å². The second kappa shape index (κ2) is 6.45. The Kier molecular flexibility index (Phi) is 4.85. The first-order valence-electron chi connectivity index (χ1n) is 7.72. The lowest BCUT2D eigenvalue weighted by Crippen LogP contribution is -2.60. The molecule has 118 valence electrons. The molecule has 1 aliphatic carbocycles. The standard InChI is InChI=1S/C15H24N2O4/c1-9(2)12-13(18)16-7-8-17(12)14(19)10-3-5-11(6-4-10)15(20)21/h9-12H,3-8H2,1-2H3,(H,16,18)(H,20,21). The molecule has 1 unspecified atom stereocenters. The minimum absolute atomic E-state index is 0.0207. The lowest BCUT2D eigenvalue weighted by molar-refractivity contribution is -0.150. The van der Waals surface area contributed by atoms with Gasteiger partial charge < -0.3 is 15.3 Å². The van der Waals surface area contributed by atoms with Crippen LogP contribution in [0, 0.1) is 17.8 Å². The van der Waals surface area contributed by atoms with Crippen molar-refractivity contribution < 1.29 is 19.5 Å². The highest BCUT2D eigenvalue weighted by atomic mass is 16.4. The van der Waals surface area contributed by atoms with E-state index in [1.165, 1.54) is 0 Å². The van der Waals surface area contributed by atoms with Crippen LogP contribution < -0.4 is 5.32 Å². The second-order valence-electron chi connectivity index (χ2n) is 6.40. The fourth-order valence-corrected chi connectivity index (χ4v) is 3.42. The number of aliphatic carboxylic acids is 1. The molecule has 2 amide bonds. The molecule has 6 nitrogen and oxygen atoms in total. The Morgan fingerprint density at radius 3 is 2.29 bits per heavy atom. The molecule has 0 spiro atoms. The van der Waals surface area contributed by atoms with Crippen molar-refractivity contribution in [1.82, 2.24) is 10.2 Å². The number of nitrogens with zero attached hydrogens (tertiary/aromatic N) is 1. The van der Waals surface area contributed by atoms with Gasteiger partial charge in [-0.15, -0.1) is 0 Å². The van der Waals surface area contributed by atoms with Crippen molar-refractivity contribution in [2.45, 2.75) is 45.6 Å². The third-order valence-corrected chi connectivity index (χ3v) is 4.60. The SMILES string of the molecule is CC(C)C1C(=O)NCCN1C(=O)C1CCC(C(=O)O)CC1. The Bertz CT molecular complexity index is 427. The van der Waals surface area contributed by atoms with E-state index in [1.807, 2.05) is 13.8 Å². The van der Waals surface area contributed by atoms with Gasteiger partial charge in [-0.05, 0) is 31.6 Å². The minimum Gasteiger partial charge on any atom is -0.481 e. The van der Waals surface area contributed by atoms with E-state index < -0.39 is 12.0 Å². The molecule has 2 fully saturated rings. The number of carbonyl (C=O) groups excluding carboxylic acids is 2. The van der Waals surface area contributed by atoms with Gasteiger partial charge in [-0.1, -0.05) is 13.8 Å². The van der Waals surface area contributed by atoms with Crippen LogP contribution in [-0.2, 0) is 14.4 Å². The monoisotopic (exact) mass is 296 g/mol. The lowest BCUT2D eigenvalue weighted by Gasteiger charge is -2.40. The summed E-state index contributed by atoms with van der Waals surface area (Å²) in [5.74, 6) is -1.20. The van der Waals surface area contributed by atoms with Crippen molar-refractivity contribution >= 4 is 17.8 Å². The van der Waals surface area contributed by atoms with Gasteiger partial charge in [0.15, 0.2) is 0 Å². The maximum Gasteiger partial charge on any atom is 0.306 e. The lowest BCUT2D eigenvalue weighted by atomic mass is 9.81. The Balaban J connectivity index is 2.02. The number of hydrogen-bond donors (Lipinski definition) is 2. The van der Waals surface area contributed by atoms with Gasteiger partial charge in [-0.3, -0.25) is 14.4 Å². The molecular formula is C15H24N2O4. The zero-order valence-corrected chi connectivity index (χ0v) is 12.7. The van der Waals surface area contributed by atoms with Crippen LogP contribution in [0.5, 0.6) is 0 Å². The molecule has 1 atom stereocenters. The number of carboxylic acids is 1. The smallest absolute Gasteiger partial charge is 0.306 e. The summed E-state index contributed by atoms with van der Waals surface area (Å²) >= 11 is 0. The van der Waals surface area contributed by atoms with Crippen molar-refractivity contribution in [3.63, 3.8) is 0 Å². The van der Waals surface area contributed by atoms with Gasteiger partial charge in [-0.2, -0.15) is 0 Å². The predicted octanol–water partition coefficient (Wildman–Crippen LogP) is 0.860. The average molecular weight is 296 g/mol. The molecule has 2 aliphatic rings. The molecule has 0 radical (unpaired) electrons. The Morgan fingerprint density at radius 2 is 1.76 bits per heavy atom. The van der Waals surface area contributed by atoms with Crippen molar-refractivity contribution in [3.8, 4) is 0 Å². The van der Waals surface area contributed by atoms with Gasteiger partial charge in [0.1, 0.15) is 6.04 Å². The molecule has 2 N–H and O–H groups in total. The van der Waals surface area contributed by atoms with E-state index in [-0.39, 0.29) is 29.6 Å². The van der Waals surface area contributed by atoms with Gasteiger partial charge in [0.25, 0.3) is 0 Å². The maximum absolute atomic E-state index is 12.7. The van der Waals surface area contributed by atoms with Crippen LogP contribution >= 0.6 is 0 Å². The molecule has 1 saturated carbocycles. The predicted molar refractivity (Wildman–Crippen MR) is 76.4 cm³/mol. The summed E-state index contributed by atoms with van der Waals surface area (Å²) in [5.41, 5.74) is 0. The molecule has 6 heteroatoms. The van der Waals surface area contributed by atoms with Gasteiger partial charge in [0, 0.05) is 19.0 Å². The number of rotatable bonds is 3. The zero-order chi connectivity index (χ0) is 15.6. The Labute approximate surface area is 124 Å². The van der Waals surface area contributed by atoms with Crippen LogP contribution in [0.4, 0.5) is 0 Å². The number of hydrogen-bond acceptors (Lipinski definition) is 3. The maximum atomic E-state index is 12.7.